The van der Waals surface area contributed by atoms with E-state index in [1.165, 1.54) is 5.56 Å². The van der Waals surface area contributed by atoms with E-state index in [1.807, 2.05) is 55.1 Å². The summed E-state index contributed by atoms with van der Waals surface area (Å²) >= 11 is 0. The van der Waals surface area contributed by atoms with Gasteiger partial charge in [-0.05, 0) is 81.2 Å². The summed E-state index contributed by atoms with van der Waals surface area (Å²) in [6.45, 7) is 8.08. The van der Waals surface area contributed by atoms with Crippen LogP contribution >= 0.6 is 0 Å². The molecule has 1 aliphatic heterocycles. The van der Waals surface area contributed by atoms with Crippen molar-refractivity contribution in [3.8, 4) is 17.2 Å². The van der Waals surface area contributed by atoms with Crippen LogP contribution in [0.2, 0.25) is 0 Å². The van der Waals surface area contributed by atoms with Crippen LogP contribution in [0.5, 0.6) is 17.2 Å². The smallest absolute Gasteiger partial charge is 0.256 e. The average Bonchev–Trinajstić information content (AvgIpc) is 3.28. The number of amides is 1. The second-order valence-corrected chi connectivity index (χ2v) is 9.48. The number of hydrogen-bond donors (Lipinski definition) is 1. The third-order valence-corrected chi connectivity index (χ3v) is 7.13. The molecule has 1 N–H and O–H groups in total. The Hall–Kier alpha value is -3.84. The van der Waals surface area contributed by atoms with Crippen molar-refractivity contribution in [1.29, 1.82) is 0 Å². The first-order valence-electron chi connectivity index (χ1n) is 13.0. The minimum absolute atomic E-state index is 0.197. The number of rotatable bonds is 8. The molecule has 7 nitrogen and oxygen atoms in total. The first-order chi connectivity index (χ1) is 18.0. The maximum Gasteiger partial charge on any atom is 0.256 e. The average molecular weight is 499 g/mol. The number of nitrogens with zero attached hydrogens (tertiary/aromatic N) is 3. The first-order valence-corrected chi connectivity index (χ1v) is 13.0. The van der Waals surface area contributed by atoms with Gasteiger partial charge in [-0.1, -0.05) is 19.1 Å². The minimum Gasteiger partial charge on any atom is -0.490 e. The van der Waals surface area contributed by atoms with Crippen molar-refractivity contribution in [3.63, 3.8) is 0 Å². The molecular formula is C30H34N4O3. The molecule has 3 heterocycles. The van der Waals surface area contributed by atoms with Crippen molar-refractivity contribution in [1.82, 2.24) is 14.5 Å². The van der Waals surface area contributed by atoms with Crippen LogP contribution in [0.15, 0.2) is 67.0 Å². The van der Waals surface area contributed by atoms with Crippen molar-refractivity contribution >= 4 is 22.6 Å². The Morgan fingerprint density at radius 1 is 1.03 bits per heavy atom. The SMILES string of the molecule is CCOc1cc2c(ccn2C)cc1Oc1ccnc(NC(=O)c2ccc(C3CCN(CC)CC3)cc2)c1. The van der Waals surface area contributed by atoms with Gasteiger partial charge in [0.1, 0.15) is 11.6 Å². The van der Waals surface area contributed by atoms with Gasteiger partial charge in [-0.2, -0.15) is 0 Å². The molecule has 5 rings (SSSR count). The maximum absolute atomic E-state index is 12.9. The van der Waals surface area contributed by atoms with Crippen LogP contribution in [-0.4, -0.2) is 46.6 Å². The summed E-state index contributed by atoms with van der Waals surface area (Å²) < 4.78 is 14.1. The second kappa shape index (κ2) is 11.0. The van der Waals surface area contributed by atoms with Gasteiger partial charge in [0.25, 0.3) is 5.91 Å². The molecule has 1 aliphatic rings. The Morgan fingerprint density at radius 3 is 2.54 bits per heavy atom. The fourth-order valence-electron chi connectivity index (χ4n) is 4.97. The number of carbonyl (C=O) groups excluding carboxylic acids is 1. The number of ether oxygens (including phenoxy) is 2. The number of anilines is 1. The number of aromatic nitrogens is 2. The Labute approximate surface area is 218 Å². The Kier molecular flexibility index (Phi) is 7.42. The van der Waals surface area contributed by atoms with Crippen molar-refractivity contribution in [3.05, 3.63) is 78.1 Å². The third-order valence-electron chi connectivity index (χ3n) is 7.13. The summed E-state index contributed by atoms with van der Waals surface area (Å²) in [6, 6.07) is 17.4. The fourth-order valence-corrected chi connectivity index (χ4v) is 4.97. The second-order valence-electron chi connectivity index (χ2n) is 9.48. The lowest BCUT2D eigenvalue weighted by Crippen LogP contribution is -2.32. The van der Waals surface area contributed by atoms with E-state index < -0.39 is 0 Å². The van der Waals surface area contributed by atoms with E-state index >= 15 is 0 Å². The molecule has 0 aliphatic carbocycles. The van der Waals surface area contributed by atoms with E-state index in [9.17, 15) is 4.79 Å². The van der Waals surface area contributed by atoms with E-state index in [-0.39, 0.29) is 5.91 Å². The lowest BCUT2D eigenvalue weighted by molar-refractivity contribution is 0.102. The molecule has 0 unspecified atom stereocenters. The van der Waals surface area contributed by atoms with Crippen molar-refractivity contribution in [2.45, 2.75) is 32.6 Å². The molecule has 1 saturated heterocycles. The van der Waals surface area contributed by atoms with Crippen LogP contribution in [0.4, 0.5) is 5.82 Å². The number of benzene rings is 2. The number of pyridine rings is 1. The van der Waals surface area contributed by atoms with Gasteiger partial charge in [-0.15, -0.1) is 0 Å². The fraction of sp³-hybridized carbons (Fsp3) is 0.333. The normalized spacial score (nSPS) is 14.6. The van der Waals surface area contributed by atoms with E-state index in [1.54, 1.807) is 18.3 Å². The van der Waals surface area contributed by atoms with Crippen LogP contribution in [0, 0.1) is 0 Å². The minimum atomic E-state index is -0.197. The summed E-state index contributed by atoms with van der Waals surface area (Å²) in [5.74, 6) is 2.64. The zero-order chi connectivity index (χ0) is 25.8. The van der Waals surface area contributed by atoms with Gasteiger partial charge in [0.05, 0.1) is 12.1 Å². The van der Waals surface area contributed by atoms with Gasteiger partial charge in [-0.25, -0.2) is 4.98 Å². The quantitative estimate of drug-likeness (QED) is 0.313. The molecule has 192 valence electrons. The summed E-state index contributed by atoms with van der Waals surface area (Å²) in [5.41, 5.74) is 2.98. The Bertz CT molecular complexity index is 1370. The van der Waals surface area contributed by atoms with Crippen molar-refractivity contribution in [2.75, 3.05) is 31.6 Å². The lowest BCUT2D eigenvalue weighted by Gasteiger charge is -2.31. The summed E-state index contributed by atoms with van der Waals surface area (Å²) in [4.78, 5) is 19.7. The van der Waals surface area contributed by atoms with Crippen LogP contribution in [0.25, 0.3) is 10.9 Å². The van der Waals surface area contributed by atoms with Crippen LogP contribution in [0.1, 0.15) is 48.5 Å². The highest BCUT2D eigenvalue weighted by molar-refractivity contribution is 6.03. The predicted octanol–water partition coefficient (Wildman–Crippen LogP) is 6.22. The van der Waals surface area contributed by atoms with Gasteiger partial charge >= 0.3 is 0 Å². The Balaban J connectivity index is 1.27. The zero-order valence-corrected chi connectivity index (χ0v) is 21.7. The van der Waals surface area contributed by atoms with Crippen LogP contribution in [0.3, 0.4) is 0 Å². The molecule has 1 amide bonds. The number of carbonyl (C=O) groups is 1. The largest absolute Gasteiger partial charge is 0.490 e. The zero-order valence-electron chi connectivity index (χ0n) is 21.7. The Morgan fingerprint density at radius 2 is 1.81 bits per heavy atom. The van der Waals surface area contributed by atoms with Gasteiger partial charge in [0, 0.05) is 42.5 Å². The molecule has 1 fully saturated rings. The number of piperidine rings is 1. The highest BCUT2D eigenvalue weighted by atomic mass is 16.5. The number of nitrogens with one attached hydrogen (secondary N) is 1. The van der Waals surface area contributed by atoms with Crippen molar-refractivity contribution < 1.29 is 14.3 Å². The number of likely N-dealkylation sites (tertiary alicyclic amines) is 1. The van der Waals surface area contributed by atoms with Crippen LogP contribution in [-0.2, 0) is 7.05 Å². The topological polar surface area (TPSA) is 68.6 Å². The molecule has 0 bridgehead atoms. The third kappa shape index (κ3) is 5.62. The summed E-state index contributed by atoms with van der Waals surface area (Å²) in [6.07, 6.45) is 5.96. The molecule has 0 spiro atoms. The highest BCUT2D eigenvalue weighted by Gasteiger charge is 2.20. The van der Waals surface area contributed by atoms with Gasteiger partial charge in [0.2, 0.25) is 0 Å². The monoisotopic (exact) mass is 498 g/mol. The van der Waals surface area contributed by atoms with Gasteiger partial charge in [-0.3, -0.25) is 4.79 Å². The molecule has 4 aromatic rings. The van der Waals surface area contributed by atoms with E-state index in [0.717, 1.165) is 43.4 Å². The summed E-state index contributed by atoms with van der Waals surface area (Å²) in [7, 11) is 2.00. The molecule has 0 radical (unpaired) electrons. The molecule has 37 heavy (non-hydrogen) atoms. The highest BCUT2D eigenvalue weighted by Crippen LogP contribution is 2.36. The molecule has 0 saturated carbocycles. The number of aryl methyl sites for hydroxylation is 1. The predicted molar refractivity (Wildman–Crippen MR) is 147 cm³/mol. The van der Waals surface area contributed by atoms with Gasteiger partial charge < -0.3 is 24.3 Å². The molecule has 0 atom stereocenters. The lowest BCUT2D eigenvalue weighted by atomic mass is 9.89. The molecule has 7 heteroatoms. The van der Waals surface area contributed by atoms with E-state index in [0.29, 0.717) is 41.2 Å². The van der Waals surface area contributed by atoms with E-state index in [4.69, 9.17) is 9.47 Å². The van der Waals surface area contributed by atoms with E-state index in [2.05, 4.69) is 34.3 Å². The standard InChI is InChI=1S/C30H34N4O3/c1-4-34-16-12-22(13-17-34)21-6-8-23(9-7-21)30(35)32-29-19-25(10-14-31-29)37-28-18-24-11-15-33(3)26(24)20-27(28)36-5-2/h6-11,14-15,18-20,22H,4-5,12-13,16-17H2,1-3H3,(H,31,32,35). The van der Waals surface area contributed by atoms with Crippen LogP contribution < -0.4 is 14.8 Å². The molecule has 2 aromatic heterocycles. The number of hydrogen-bond acceptors (Lipinski definition) is 5. The summed E-state index contributed by atoms with van der Waals surface area (Å²) in [5, 5.41) is 3.96. The van der Waals surface area contributed by atoms with Gasteiger partial charge in [0.15, 0.2) is 11.5 Å². The first kappa shape index (κ1) is 24.8. The maximum atomic E-state index is 12.9. The number of fused-ring (bicyclic) bond motifs is 1. The molecular weight excluding hydrogens is 464 g/mol. The molecule has 2 aromatic carbocycles. The van der Waals surface area contributed by atoms with Crippen molar-refractivity contribution in [2.24, 2.45) is 7.05 Å².